The van der Waals surface area contributed by atoms with Crippen LogP contribution in [0.2, 0.25) is 0 Å². The predicted octanol–water partition coefficient (Wildman–Crippen LogP) is 0.613. The first kappa shape index (κ1) is 14.3. The highest BCUT2D eigenvalue weighted by atomic mass is 16.5. The summed E-state index contributed by atoms with van der Waals surface area (Å²) in [5.74, 6) is 0.852. The van der Waals surface area contributed by atoms with E-state index in [0.717, 1.165) is 32.3 Å². The lowest BCUT2D eigenvalue weighted by Crippen LogP contribution is -2.46. The molecule has 1 unspecified atom stereocenters. The molecule has 0 aromatic heterocycles. The molecule has 1 atom stereocenters. The van der Waals surface area contributed by atoms with Crippen LogP contribution in [0.15, 0.2) is 4.99 Å². The van der Waals surface area contributed by atoms with Gasteiger partial charge in [0.1, 0.15) is 0 Å². The van der Waals surface area contributed by atoms with Crippen molar-refractivity contribution < 1.29 is 9.47 Å². The first-order valence-electron chi connectivity index (χ1n) is 6.21. The molecule has 0 bridgehead atoms. The Hall–Kier alpha value is -0.810. The van der Waals surface area contributed by atoms with Crippen LogP contribution in [-0.4, -0.2) is 52.0 Å². The quantitative estimate of drug-likeness (QED) is 0.530. The average Bonchev–Trinajstić information content (AvgIpc) is 2.24. The minimum Gasteiger partial charge on any atom is -0.383 e. The minimum absolute atomic E-state index is 0.215. The van der Waals surface area contributed by atoms with Gasteiger partial charge in [-0.15, -0.1) is 0 Å². The molecule has 1 aliphatic rings. The Labute approximate surface area is 104 Å². The van der Waals surface area contributed by atoms with Crippen molar-refractivity contribution in [2.45, 2.75) is 26.8 Å². The molecule has 1 aliphatic heterocycles. The van der Waals surface area contributed by atoms with Gasteiger partial charge >= 0.3 is 0 Å². The second-order valence-corrected chi connectivity index (χ2v) is 5.00. The van der Waals surface area contributed by atoms with Crippen molar-refractivity contribution in [2.24, 2.45) is 10.4 Å². The molecule has 5 heteroatoms. The lowest BCUT2D eigenvalue weighted by molar-refractivity contribution is -0.0945. The van der Waals surface area contributed by atoms with Crippen molar-refractivity contribution >= 4 is 5.96 Å². The predicted molar refractivity (Wildman–Crippen MR) is 69.4 cm³/mol. The third kappa shape index (κ3) is 4.91. The van der Waals surface area contributed by atoms with Crippen LogP contribution in [0.1, 0.15) is 20.8 Å². The van der Waals surface area contributed by atoms with Crippen molar-refractivity contribution in [3.8, 4) is 0 Å². The molecule has 1 fully saturated rings. The lowest BCUT2D eigenvalue weighted by atomic mass is 9.89. The fraction of sp³-hybridized carbons (Fsp3) is 0.917. The molecule has 5 nitrogen and oxygen atoms in total. The van der Waals surface area contributed by atoms with Crippen LogP contribution in [0.4, 0.5) is 0 Å². The molecule has 17 heavy (non-hydrogen) atoms. The first-order chi connectivity index (χ1) is 8.09. The van der Waals surface area contributed by atoms with Gasteiger partial charge in [0.2, 0.25) is 0 Å². The highest BCUT2D eigenvalue weighted by molar-refractivity contribution is 5.80. The van der Waals surface area contributed by atoms with E-state index in [-0.39, 0.29) is 11.5 Å². The van der Waals surface area contributed by atoms with Crippen LogP contribution in [-0.2, 0) is 9.47 Å². The van der Waals surface area contributed by atoms with Crippen LogP contribution in [0.25, 0.3) is 0 Å². The van der Waals surface area contributed by atoms with Gasteiger partial charge in [0.15, 0.2) is 5.96 Å². The molecule has 0 amide bonds. The SMILES string of the molecule is CCNC(=NCC1(C)COC1)NC(C)COC. The fourth-order valence-corrected chi connectivity index (χ4v) is 1.66. The van der Waals surface area contributed by atoms with Gasteiger partial charge in [0.05, 0.1) is 26.4 Å². The number of nitrogens with one attached hydrogen (secondary N) is 2. The summed E-state index contributed by atoms with van der Waals surface area (Å²) in [6.07, 6.45) is 0. The number of hydrogen-bond donors (Lipinski definition) is 2. The molecule has 1 saturated heterocycles. The van der Waals surface area contributed by atoms with Gasteiger partial charge in [-0.05, 0) is 13.8 Å². The van der Waals surface area contributed by atoms with E-state index in [2.05, 4.69) is 36.4 Å². The minimum atomic E-state index is 0.215. The Morgan fingerprint density at radius 3 is 2.71 bits per heavy atom. The molecule has 0 aliphatic carbocycles. The van der Waals surface area contributed by atoms with Crippen LogP contribution in [0.3, 0.4) is 0 Å². The molecule has 2 N–H and O–H groups in total. The topological polar surface area (TPSA) is 54.9 Å². The van der Waals surface area contributed by atoms with Crippen molar-refractivity contribution in [3.63, 3.8) is 0 Å². The van der Waals surface area contributed by atoms with Crippen LogP contribution in [0, 0.1) is 5.41 Å². The first-order valence-corrected chi connectivity index (χ1v) is 6.21. The smallest absolute Gasteiger partial charge is 0.191 e. The largest absolute Gasteiger partial charge is 0.383 e. The van der Waals surface area contributed by atoms with Crippen molar-refractivity contribution in [2.75, 3.05) is 40.0 Å². The molecule has 1 rings (SSSR count). The summed E-state index contributed by atoms with van der Waals surface area (Å²) in [5, 5.41) is 6.55. The number of rotatable bonds is 6. The van der Waals surface area contributed by atoms with E-state index in [0.29, 0.717) is 6.61 Å². The molecule has 0 aromatic carbocycles. The van der Waals surface area contributed by atoms with Gasteiger partial charge in [-0.3, -0.25) is 4.99 Å². The summed E-state index contributed by atoms with van der Waals surface area (Å²) in [4.78, 5) is 4.59. The molecule has 100 valence electrons. The Bertz CT molecular complexity index is 252. The van der Waals surface area contributed by atoms with E-state index in [1.54, 1.807) is 7.11 Å². The molecule has 0 saturated carbocycles. The van der Waals surface area contributed by atoms with Gasteiger partial charge in [0.25, 0.3) is 0 Å². The average molecular weight is 243 g/mol. The summed E-state index contributed by atoms with van der Waals surface area (Å²) in [6.45, 7) is 10.3. The number of aliphatic imine (C=N–C) groups is 1. The standard InChI is InChI=1S/C12H25N3O2/c1-5-13-11(15-10(2)6-16-4)14-7-12(3)8-17-9-12/h10H,5-9H2,1-4H3,(H2,13,14,15). The normalized spacial score (nSPS) is 20.6. The lowest BCUT2D eigenvalue weighted by Gasteiger charge is -2.36. The van der Waals surface area contributed by atoms with E-state index >= 15 is 0 Å². The van der Waals surface area contributed by atoms with Crippen molar-refractivity contribution in [1.82, 2.24) is 10.6 Å². The number of guanidine groups is 1. The van der Waals surface area contributed by atoms with Crippen LogP contribution >= 0.6 is 0 Å². The highest BCUT2D eigenvalue weighted by Crippen LogP contribution is 2.26. The zero-order chi connectivity index (χ0) is 12.7. The second-order valence-electron chi connectivity index (χ2n) is 5.00. The number of methoxy groups -OCH3 is 1. The van der Waals surface area contributed by atoms with Gasteiger partial charge in [-0.2, -0.15) is 0 Å². The second kappa shape index (κ2) is 6.81. The number of nitrogens with zero attached hydrogens (tertiary/aromatic N) is 1. The van der Waals surface area contributed by atoms with Crippen molar-refractivity contribution in [3.05, 3.63) is 0 Å². The van der Waals surface area contributed by atoms with Crippen LogP contribution in [0.5, 0.6) is 0 Å². The summed E-state index contributed by atoms with van der Waals surface area (Å²) in [7, 11) is 1.70. The summed E-state index contributed by atoms with van der Waals surface area (Å²) >= 11 is 0. The van der Waals surface area contributed by atoms with E-state index in [4.69, 9.17) is 9.47 Å². The van der Waals surface area contributed by atoms with E-state index in [1.165, 1.54) is 0 Å². The monoisotopic (exact) mass is 243 g/mol. The highest BCUT2D eigenvalue weighted by Gasteiger charge is 2.33. The Morgan fingerprint density at radius 2 is 2.24 bits per heavy atom. The zero-order valence-corrected chi connectivity index (χ0v) is 11.4. The maximum Gasteiger partial charge on any atom is 0.191 e. The van der Waals surface area contributed by atoms with E-state index in [9.17, 15) is 0 Å². The summed E-state index contributed by atoms with van der Waals surface area (Å²) in [5.41, 5.74) is 0.215. The molecular weight excluding hydrogens is 218 g/mol. The Kier molecular flexibility index (Phi) is 5.71. The maximum atomic E-state index is 5.22. The van der Waals surface area contributed by atoms with Gasteiger partial charge in [-0.25, -0.2) is 0 Å². The van der Waals surface area contributed by atoms with Gasteiger partial charge in [-0.1, -0.05) is 6.92 Å². The summed E-state index contributed by atoms with van der Waals surface area (Å²) in [6, 6.07) is 0.253. The maximum absolute atomic E-state index is 5.22. The number of ether oxygens (including phenoxy) is 2. The van der Waals surface area contributed by atoms with E-state index < -0.39 is 0 Å². The molecule has 1 heterocycles. The third-order valence-electron chi connectivity index (χ3n) is 2.66. The third-order valence-corrected chi connectivity index (χ3v) is 2.66. The van der Waals surface area contributed by atoms with E-state index in [1.807, 2.05) is 0 Å². The van der Waals surface area contributed by atoms with Gasteiger partial charge < -0.3 is 20.1 Å². The summed E-state index contributed by atoms with van der Waals surface area (Å²) < 4.78 is 10.3. The molecular formula is C12H25N3O2. The Balaban J connectivity index is 2.42. The molecule has 0 spiro atoms. The molecule has 0 aromatic rings. The van der Waals surface area contributed by atoms with Gasteiger partial charge in [0, 0.05) is 25.1 Å². The zero-order valence-electron chi connectivity index (χ0n) is 11.4. The fourth-order valence-electron chi connectivity index (χ4n) is 1.66. The van der Waals surface area contributed by atoms with Crippen molar-refractivity contribution in [1.29, 1.82) is 0 Å². The Morgan fingerprint density at radius 1 is 1.53 bits per heavy atom. The number of hydrogen-bond acceptors (Lipinski definition) is 3. The van der Waals surface area contributed by atoms with Crippen LogP contribution < -0.4 is 10.6 Å². The molecule has 0 radical (unpaired) electrons.